The van der Waals surface area contributed by atoms with Crippen LogP contribution in [0.1, 0.15) is 0 Å². The molecule has 3 nitrogen and oxygen atoms in total. The zero-order valence-corrected chi connectivity index (χ0v) is 6.44. The van der Waals surface area contributed by atoms with E-state index >= 15 is 0 Å². The van der Waals surface area contributed by atoms with Crippen molar-refractivity contribution in [3.8, 4) is 0 Å². The van der Waals surface area contributed by atoms with Crippen LogP contribution < -0.4 is 4.99 Å². The van der Waals surface area contributed by atoms with Crippen LogP contribution in [0.3, 0.4) is 0 Å². The molecule has 0 aliphatic carbocycles. The van der Waals surface area contributed by atoms with Gasteiger partial charge in [-0.05, 0) is 12.1 Å². The number of para-hydroxylation sites is 2. The summed E-state index contributed by atoms with van der Waals surface area (Å²) in [4.78, 5) is 8.52. The number of rotatable bonds is 0. The van der Waals surface area contributed by atoms with Gasteiger partial charge in [0.25, 0.3) is 0 Å². The van der Waals surface area contributed by atoms with Crippen molar-refractivity contribution in [2.24, 2.45) is 0 Å². The highest BCUT2D eigenvalue weighted by Crippen LogP contribution is 2.19. The molecule has 1 aliphatic heterocycles. The number of aromatic nitrogens is 2. The minimum atomic E-state index is 0.830. The van der Waals surface area contributed by atoms with Crippen LogP contribution in [0.25, 0.3) is 11.0 Å². The first-order valence-corrected chi connectivity index (χ1v) is 3.93. The van der Waals surface area contributed by atoms with Crippen molar-refractivity contribution in [2.75, 3.05) is 0 Å². The Kier molecular flexibility index (Phi) is 0.961. The summed E-state index contributed by atoms with van der Waals surface area (Å²) in [5, 5.41) is 0. The molecule has 1 aromatic carbocycles. The molecule has 0 saturated carbocycles. The predicted octanol–water partition coefficient (Wildman–Crippen LogP) is 1.09. The third kappa shape index (κ3) is 0.605. The number of aliphatic imine (C=N–C) groups is 1. The maximum Gasteiger partial charge on any atom is 0.434 e. The highest BCUT2D eigenvalue weighted by Gasteiger charge is 2.22. The van der Waals surface area contributed by atoms with Crippen LogP contribution in [0, 0.1) is 0 Å². The molecule has 2 heterocycles. The average molecular weight is 157 g/mol. The van der Waals surface area contributed by atoms with Crippen molar-refractivity contribution in [1.82, 2.24) is 14.5 Å². The van der Waals surface area contributed by atoms with Gasteiger partial charge in [-0.25, -0.2) is 4.57 Å². The smallest absolute Gasteiger partial charge is 0.215 e. The third-order valence-electron chi connectivity index (χ3n) is 2.11. The van der Waals surface area contributed by atoms with Gasteiger partial charge in [-0.2, -0.15) is 0 Å². The normalized spacial score (nSPS) is 14.0. The van der Waals surface area contributed by atoms with E-state index in [0.717, 1.165) is 18.0 Å². The molecule has 1 radical (unpaired) electrons. The Morgan fingerprint density at radius 1 is 1.33 bits per heavy atom. The Morgan fingerprint density at radius 3 is 3.25 bits per heavy atom. The van der Waals surface area contributed by atoms with Gasteiger partial charge >= 0.3 is 5.95 Å². The van der Waals surface area contributed by atoms with Crippen LogP contribution in [0.15, 0.2) is 24.3 Å². The van der Waals surface area contributed by atoms with E-state index in [-0.39, 0.29) is 0 Å². The molecule has 0 atom stereocenters. The Morgan fingerprint density at radius 2 is 2.25 bits per heavy atom. The summed E-state index contributed by atoms with van der Waals surface area (Å²) in [6.07, 6.45) is 1.88. The van der Waals surface area contributed by atoms with Gasteiger partial charge in [0.15, 0.2) is 5.52 Å². The quantitative estimate of drug-likeness (QED) is 0.563. The second-order valence-electron chi connectivity index (χ2n) is 2.82. The van der Waals surface area contributed by atoms with Gasteiger partial charge in [-0.3, -0.25) is 0 Å². The maximum atomic E-state index is 4.36. The van der Waals surface area contributed by atoms with Gasteiger partial charge in [0.05, 0.1) is 0 Å². The lowest BCUT2D eigenvalue weighted by molar-refractivity contribution is 0.927. The van der Waals surface area contributed by atoms with Gasteiger partial charge in [0.1, 0.15) is 18.3 Å². The molecular formula is C9H7N3+. The molecule has 0 saturated heterocycles. The van der Waals surface area contributed by atoms with E-state index in [1.54, 1.807) is 0 Å². The largest absolute Gasteiger partial charge is 0.434 e. The summed E-state index contributed by atoms with van der Waals surface area (Å²) in [6, 6.07) is 8.10. The van der Waals surface area contributed by atoms with E-state index in [2.05, 4.69) is 20.6 Å². The van der Waals surface area contributed by atoms with E-state index in [1.165, 1.54) is 5.52 Å². The Bertz CT molecular complexity index is 468. The van der Waals surface area contributed by atoms with Crippen LogP contribution >= 0.6 is 0 Å². The highest BCUT2D eigenvalue weighted by atomic mass is 15.2. The molecule has 0 N–H and O–H groups in total. The molecule has 0 fully saturated rings. The second-order valence-corrected chi connectivity index (χ2v) is 2.82. The van der Waals surface area contributed by atoms with Crippen molar-refractivity contribution >= 4 is 23.2 Å². The molecule has 0 spiro atoms. The molecule has 3 heteroatoms. The molecule has 0 bridgehead atoms. The predicted molar refractivity (Wildman–Crippen MR) is 47.6 cm³/mol. The van der Waals surface area contributed by atoms with Crippen molar-refractivity contribution in [2.45, 2.75) is 6.54 Å². The first-order valence-electron chi connectivity index (χ1n) is 3.93. The number of imidazole rings is 1. The SMILES string of the molecule is C1=[N+]c2nc3ccccc3n2C1. The Hall–Kier alpha value is -1.64. The van der Waals surface area contributed by atoms with E-state index in [9.17, 15) is 0 Å². The zero-order chi connectivity index (χ0) is 7.97. The van der Waals surface area contributed by atoms with Crippen molar-refractivity contribution < 1.29 is 0 Å². The first-order chi connectivity index (χ1) is 5.95. The van der Waals surface area contributed by atoms with Crippen molar-refractivity contribution in [3.05, 3.63) is 24.3 Å². The van der Waals surface area contributed by atoms with Gasteiger partial charge < -0.3 is 0 Å². The second kappa shape index (κ2) is 1.94. The van der Waals surface area contributed by atoms with Crippen LogP contribution in [0.4, 0.5) is 5.95 Å². The number of fused-ring (bicyclic) bond motifs is 3. The summed E-state index contributed by atoms with van der Waals surface area (Å²) >= 11 is 0. The van der Waals surface area contributed by atoms with Crippen LogP contribution in [-0.2, 0) is 6.54 Å². The summed E-state index contributed by atoms with van der Waals surface area (Å²) in [6.45, 7) is 0.857. The van der Waals surface area contributed by atoms with Crippen LogP contribution in [-0.4, -0.2) is 15.8 Å². The van der Waals surface area contributed by atoms with Gasteiger partial charge in [0, 0.05) is 0 Å². The average Bonchev–Trinajstić information content (AvgIpc) is 2.62. The van der Waals surface area contributed by atoms with Crippen molar-refractivity contribution in [3.63, 3.8) is 0 Å². The maximum absolute atomic E-state index is 4.36. The van der Waals surface area contributed by atoms with E-state index in [4.69, 9.17) is 0 Å². The van der Waals surface area contributed by atoms with E-state index in [1.807, 2.05) is 24.4 Å². The minimum absolute atomic E-state index is 0.830. The fourth-order valence-electron chi connectivity index (χ4n) is 1.55. The molecule has 1 aliphatic rings. The van der Waals surface area contributed by atoms with Gasteiger partial charge in [0.2, 0.25) is 0 Å². The fraction of sp³-hybridized carbons (Fsp3) is 0.111. The zero-order valence-electron chi connectivity index (χ0n) is 6.44. The van der Waals surface area contributed by atoms with Crippen molar-refractivity contribution in [1.29, 1.82) is 0 Å². The number of hydrogen-bond donors (Lipinski definition) is 0. The molecule has 1 aromatic heterocycles. The van der Waals surface area contributed by atoms with Crippen LogP contribution in [0.5, 0.6) is 0 Å². The first kappa shape index (κ1) is 5.94. The molecule has 0 amide bonds. The lowest BCUT2D eigenvalue weighted by atomic mass is 10.3. The molecule has 12 heavy (non-hydrogen) atoms. The molecule has 57 valence electrons. The van der Waals surface area contributed by atoms with Gasteiger partial charge in [-0.15, -0.1) is 0 Å². The summed E-state index contributed by atoms with van der Waals surface area (Å²) in [5.74, 6) is 0.830. The summed E-state index contributed by atoms with van der Waals surface area (Å²) < 4.78 is 2.11. The summed E-state index contributed by atoms with van der Waals surface area (Å²) in [7, 11) is 0. The fourth-order valence-corrected chi connectivity index (χ4v) is 1.55. The van der Waals surface area contributed by atoms with E-state index < -0.39 is 0 Å². The minimum Gasteiger partial charge on any atom is -0.215 e. The monoisotopic (exact) mass is 157 g/mol. The number of hydrogen-bond acceptors (Lipinski definition) is 2. The van der Waals surface area contributed by atoms with Crippen LogP contribution in [0.2, 0.25) is 0 Å². The third-order valence-corrected chi connectivity index (χ3v) is 2.11. The number of benzene rings is 1. The lowest BCUT2D eigenvalue weighted by Gasteiger charge is -1.86. The Balaban J connectivity index is 2.49. The molecular weight excluding hydrogens is 150 g/mol. The summed E-state index contributed by atoms with van der Waals surface area (Å²) in [5.41, 5.74) is 2.20. The van der Waals surface area contributed by atoms with E-state index in [0.29, 0.717) is 0 Å². The lowest BCUT2D eigenvalue weighted by Crippen LogP contribution is -1.90. The topological polar surface area (TPSA) is 31.9 Å². The molecule has 3 rings (SSSR count). The highest BCUT2D eigenvalue weighted by molar-refractivity contribution is 5.81. The Labute approximate surface area is 69.4 Å². The molecule has 2 aromatic rings. The molecule has 0 unspecified atom stereocenters. The van der Waals surface area contributed by atoms with Gasteiger partial charge in [-0.1, -0.05) is 22.1 Å². The number of nitrogens with zero attached hydrogens (tertiary/aromatic N) is 3. The standard InChI is InChI=1S/C9H7N3/c1-2-4-8-7(3-1)11-9-10-5-6-12(8)9/h1-5H,6H2/q+1.